The number of aliphatic hydroxyl groups excluding tert-OH is 1. The van der Waals surface area contributed by atoms with Gasteiger partial charge in [-0.3, -0.25) is 18.9 Å². The molecule has 4 aromatic rings. The standard InChI is InChI=1S/C29H31ClF2N6O3/c1-36(12-13-39)25-11-10-21(16-33-25)38-24-5-3-2-4-23(24)37(29(38)41)17-18-6-8-20(9-7-18)35-28(40)22-14-19(30)15-34-26(22)27(31)32/h2-5,10-11,14-16,18,20,27,39H,6-9,12-13,17H2,1H3,(H,35,40)/t18-,20-. The molecule has 9 nitrogen and oxygen atoms in total. The highest BCUT2D eigenvalue weighted by atomic mass is 35.5. The highest BCUT2D eigenvalue weighted by Crippen LogP contribution is 2.29. The Morgan fingerprint density at radius 3 is 2.51 bits per heavy atom. The SMILES string of the molecule is CN(CCO)c1ccc(-n2c(=O)n(C[C@H]3CC[C@H](NC(=O)c4cc(Cl)cnc4C(F)F)CC3)c3ccccc32)cn1. The number of halogens is 3. The molecule has 12 heteroatoms. The van der Waals surface area contributed by atoms with Gasteiger partial charge in [0, 0.05) is 32.4 Å². The highest BCUT2D eigenvalue weighted by molar-refractivity contribution is 6.30. The molecule has 0 spiro atoms. The van der Waals surface area contributed by atoms with E-state index in [0.29, 0.717) is 37.4 Å². The number of fused-ring (bicyclic) bond motifs is 1. The molecular weight excluding hydrogens is 554 g/mol. The summed E-state index contributed by atoms with van der Waals surface area (Å²) in [6, 6.07) is 12.3. The molecule has 1 fully saturated rings. The molecule has 0 unspecified atom stereocenters. The molecule has 1 aliphatic rings. The number of para-hydroxylation sites is 2. The van der Waals surface area contributed by atoms with Crippen LogP contribution in [-0.2, 0) is 6.54 Å². The quantitative estimate of drug-likeness (QED) is 0.298. The molecule has 0 saturated heterocycles. The van der Waals surface area contributed by atoms with Crippen molar-refractivity contribution in [3.05, 3.63) is 81.6 Å². The summed E-state index contributed by atoms with van der Waals surface area (Å²) in [5.74, 6) is 0.290. The molecule has 41 heavy (non-hydrogen) atoms. The minimum Gasteiger partial charge on any atom is -0.395 e. The van der Waals surface area contributed by atoms with Crippen LogP contribution in [0.3, 0.4) is 0 Å². The molecule has 2 N–H and O–H groups in total. The highest BCUT2D eigenvalue weighted by Gasteiger charge is 2.27. The summed E-state index contributed by atoms with van der Waals surface area (Å²) in [7, 11) is 1.84. The van der Waals surface area contributed by atoms with Crippen LogP contribution in [0.15, 0.2) is 59.7 Å². The number of imidazole rings is 1. The number of nitrogens with one attached hydrogen (secondary N) is 1. The number of nitrogens with zero attached hydrogens (tertiary/aromatic N) is 5. The summed E-state index contributed by atoms with van der Waals surface area (Å²) in [6.45, 7) is 0.984. The van der Waals surface area contributed by atoms with Crippen LogP contribution in [-0.4, -0.2) is 56.4 Å². The number of aromatic nitrogens is 4. The zero-order chi connectivity index (χ0) is 29.1. The number of alkyl halides is 2. The van der Waals surface area contributed by atoms with E-state index in [1.54, 1.807) is 15.3 Å². The Kier molecular flexibility index (Phi) is 8.65. The summed E-state index contributed by atoms with van der Waals surface area (Å²) >= 11 is 5.90. The zero-order valence-electron chi connectivity index (χ0n) is 22.5. The van der Waals surface area contributed by atoms with Gasteiger partial charge in [-0.1, -0.05) is 23.7 Å². The minimum atomic E-state index is -2.88. The lowest BCUT2D eigenvalue weighted by Crippen LogP contribution is -2.39. The fourth-order valence-electron chi connectivity index (χ4n) is 5.45. The van der Waals surface area contributed by atoms with E-state index in [-0.39, 0.29) is 34.8 Å². The second-order valence-corrected chi connectivity index (χ2v) is 10.8. The molecule has 1 amide bonds. The Morgan fingerprint density at radius 1 is 1.12 bits per heavy atom. The monoisotopic (exact) mass is 584 g/mol. The van der Waals surface area contributed by atoms with E-state index in [2.05, 4.69) is 15.3 Å². The van der Waals surface area contributed by atoms with Crippen LogP contribution in [0.5, 0.6) is 0 Å². The smallest absolute Gasteiger partial charge is 0.333 e. The molecular formula is C29H31ClF2N6O3. The molecule has 3 aromatic heterocycles. The lowest BCUT2D eigenvalue weighted by molar-refractivity contribution is 0.0904. The number of pyridine rings is 2. The first-order valence-electron chi connectivity index (χ1n) is 13.5. The number of aliphatic hydroxyl groups is 1. The maximum Gasteiger partial charge on any atom is 0.333 e. The average Bonchev–Trinajstić information content (AvgIpc) is 3.24. The van der Waals surface area contributed by atoms with E-state index in [0.717, 1.165) is 30.1 Å². The molecule has 1 aliphatic carbocycles. The molecule has 0 radical (unpaired) electrons. The number of amides is 1. The van der Waals surface area contributed by atoms with Gasteiger partial charge in [0.05, 0.1) is 40.1 Å². The molecule has 0 bridgehead atoms. The van der Waals surface area contributed by atoms with Gasteiger partial charge in [-0.25, -0.2) is 18.6 Å². The number of benzene rings is 1. The van der Waals surface area contributed by atoms with Gasteiger partial charge in [-0.05, 0) is 61.9 Å². The number of carbonyl (C=O) groups is 1. The molecule has 3 heterocycles. The molecule has 216 valence electrons. The Hall–Kier alpha value is -3.83. The van der Waals surface area contributed by atoms with Gasteiger partial charge >= 0.3 is 5.69 Å². The van der Waals surface area contributed by atoms with Crippen LogP contribution in [0.2, 0.25) is 5.02 Å². The second-order valence-electron chi connectivity index (χ2n) is 10.3. The van der Waals surface area contributed by atoms with Gasteiger partial charge in [-0.15, -0.1) is 0 Å². The lowest BCUT2D eigenvalue weighted by Gasteiger charge is -2.29. The van der Waals surface area contributed by atoms with Gasteiger partial charge in [0.1, 0.15) is 11.5 Å². The Bertz CT molecular complexity index is 1580. The minimum absolute atomic E-state index is 0.0141. The van der Waals surface area contributed by atoms with Gasteiger partial charge < -0.3 is 15.3 Å². The van der Waals surface area contributed by atoms with Crippen LogP contribution in [0.25, 0.3) is 16.7 Å². The summed E-state index contributed by atoms with van der Waals surface area (Å²) in [5, 5.41) is 12.2. The Labute approximate surface area is 240 Å². The predicted octanol–water partition coefficient (Wildman–Crippen LogP) is 4.59. The Balaban J connectivity index is 1.29. The van der Waals surface area contributed by atoms with Crippen LogP contribution in [0.4, 0.5) is 14.6 Å². The summed E-state index contributed by atoms with van der Waals surface area (Å²) in [5.41, 5.74) is 1.29. The molecule has 0 atom stereocenters. The van der Waals surface area contributed by atoms with Crippen molar-refractivity contribution in [2.24, 2.45) is 5.92 Å². The van der Waals surface area contributed by atoms with Crippen molar-refractivity contribution in [2.75, 3.05) is 25.1 Å². The molecule has 0 aliphatic heterocycles. The van der Waals surface area contributed by atoms with Gasteiger partial charge in [-0.2, -0.15) is 0 Å². The van der Waals surface area contributed by atoms with Crippen molar-refractivity contribution < 1.29 is 18.7 Å². The van der Waals surface area contributed by atoms with Crippen molar-refractivity contribution in [3.63, 3.8) is 0 Å². The fraction of sp³-hybridized carbons (Fsp3) is 0.379. The third-order valence-electron chi connectivity index (χ3n) is 7.61. The second kappa shape index (κ2) is 12.4. The van der Waals surface area contributed by atoms with Crippen LogP contribution in [0, 0.1) is 5.92 Å². The van der Waals surface area contributed by atoms with E-state index >= 15 is 0 Å². The number of carbonyl (C=O) groups excluding carboxylic acids is 1. The zero-order valence-corrected chi connectivity index (χ0v) is 23.3. The topological polar surface area (TPSA) is 105 Å². The normalized spacial score (nSPS) is 17.2. The van der Waals surface area contributed by atoms with Gasteiger partial charge in [0.25, 0.3) is 12.3 Å². The van der Waals surface area contributed by atoms with E-state index in [1.165, 1.54) is 6.07 Å². The van der Waals surface area contributed by atoms with Crippen LogP contribution < -0.4 is 15.9 Å². The third-order valence-corrected chi connectivity index (χ3v) is 7.82. The lowest BCUT2D eigenvalue weighted by atomic mass is 9.85. The fourth-order valence-corrected chi connectivity index (χ4v) is 5.61. The van der Waals surface area contributed by atoms with Crippen molar-refractivity contribution in [3.8, 4) is 5.69 Å². The van der Waals surface area contributed by atoms with E-state index in [1.807, 2.05) is 48.3 Å². The molecule has 1 saturated carbocycles. The Morgan fingerprint density at radius 2 is 1.85 bits per heavy atom. The van der Waals surface area contributed by atoms with Crippen molar-refractivity contribution in [1.29, 1.82) is 0 Å². The predicted molar refractivity (Wildman–Crippen MR) is 153 cm³/mol. The third kappa shape index (κ3) is 6.11. The van der Waals surface area contributed by atoms with Crippen molar-refractivity contribution >= 4 is 34.4 Å². The van der Waals surface area contributed by atoms with Crippen molar-refractivity contribution in [1.82, 2.24) is 24.4 Å². The maximum atomic E-state index is 13.7. The molecule has 1 aromatic carbocycles. The average molecular weight is 585 g/mol. The van der Waals surface area contributed by atoms with E-state index in [9.17, 15) is 23.5 Å². The van der Waals surface area contributed by atoms with Crippen LogP contribution >= 0.6 is 11.6 Å². The molecule has 5 rings (SSSR count). The van der Waals surface area contributed by atoms with Crippen LogP contribution in [0.1, 0.15) is 48.2 Å². The van der Waals surface area contributed by atoms with Gasteiger partial charge in [0.2, 0.25) is 0 Å². The van der Waals surface area contributed by atoms with E-state index < -0.39 is 18.0 Å². The number of anilines is 1. The number of hydrogen-bond acceptors (Lipinski definition) is 6. The van der Waals surface area contributed by atoms with E-state index in [4.69, 9.17) is 11.6 Å². The maximum absolute atomic E-state index is 13.7. The summed E-state index contributed by atoms with van der Waals surface area (Å²) in [6.07, 6.45) is 2.73. The summed E-state index contributed by atoms with van der Waals surface area (Å²) in [4.78, 5) is 36.4. The summed E-state index contributed by atoms with van der Waals surface area (Å²) < 4.78 is 30.2. The number of hydrogen-bond donors (Lipinski definition) is 2. The largest absolute Gasteiger partial charge is 0.395 e. The first-order chi connectivity index (χ1) is 19.8. The van der Waals surface area contributed by atoms with Crippen molar-refractivity contribution in [2.45, 2.75) is 44.7 Å². The first kappa shape index (κ1) is 28.7. The van der Waals surface area contributed by atoms with Gasteiger partial charge in [0.15, 0.2) is 0 Å². The number of likely N-dealkylation sites (N-methyl/N-ethyl adjacent to an activating group) is 1. The first-order valence-corrected chi connectivity index (χ1v) is 13.9. The number of rotatable bonds is 9.